The van der Waals surface area contributed by atoms with Crippen molar-refractivity contribution in [1.29, 1.82) is 0 Å². The quantitative estimate of drug-likeness (QED) is 0.188. The molecule has 0 rings (SSSR count). The maximum absolute atomic E-state index is 11.6. The fourth-order valence-electron chi connectivity index (χ4n) is 1.87. The molecule has 0 saturated carbocycles. The molecule has 0 aromatic carbocycles. The number of aliphatic hydroxyl groups excluding tert-OH is 5. The van der Waals surface area contributed by atoms with E-state index in [9.17, 15) is 30.3 Å². The van der Waals surface area contributed by atoms with E-state index >= 15 is 0 Å². The highest BCUT2D eigenvalue weighted by Crippen LogP contribution is 2.21. The maximum atomic E-state index is 11.6. The number of hydrogen-bond donors (Lipinski definition) is 5. The molecule has 8 nitrogen and oxygen atoms in total. The zero-order valence-electron chi connectivity index (χ0n) is 14.4. The third-order valence-electron chi connectivity index (χ3n) is 4.02. The van der Waals surface area contributed by atoms with E-state index in [-0.39, 0.29) is 26.2 Å². The van der Waals surface area contributed by atoms with Crippen LogP contribution >= 0.6 is 0 Å². The van der Waals surface area contributed by atoms with Gasteiger partial charge in [-0.1, -0.05) is 19.8 Å². The Kier molecular flexibility index (Phi) is 12.2. The van der Waals surface area contributed by atoms with E-state index in [0.717, 1.165) is 19.3 Å². The molecular formula is C16H32O8. The summed E-state index contributed by atoms with van der Waals surface area (Å²) in [5, 5.41) is 46.7. The summed E-state index contributed by atoms with van der Waals surface area (Å²) in [6.45, 7) is -0.836. The van der Waals surface area contributed by atoms with E-state index in [0.29, 0.717) is 0 Å². The second kappa shape index (κ2) is 12.6. The molecular weight excluding hydrogens is 320 g/mol. The van der Waals surface area contributed by atoms with Crippen molar-refractivity contribution in [3.8, 4) is 0 Å². The molecule has 0 heterocycles. The average molecular weight is 352 g/mol. The fourth-order valence-corrected chi connectivity index (χ4v) is 1.87. The molecule has 0 saturated heterocycles. The summed E-state index contributed by atoms with van der Waals surface area (Å²) in [5.41, 5.74) is -2.37. The molecule has 0 atom stereocenters. The van der Waals surface area contributed by atoms with Crippen LogP contribution in [0.3, 0.4) is 0 Å². The van der Waals surface area contributed by atoms with E-state index in [2.05, 4.69) is 0 Å². The number of aliphatic hydroxyl groups is 5. The van der Waals surface area contributed by atoms with E-state index in [4.69, 9.17) is 9.47 Å². The summed E-state index contributed by atoms with van der Waals surface area (Å²) in [6.07, 6.45) is 2.92. The molecule has 0 spiro atoms. The van der Waals surface area contributed by atoms with Gasteiger partial charge in [0.2, 0.25) is 0 Å². The molecule has 24 heavy (non-hydrogen) atoms. The van der Waals surface area contributed by atoms with Gasteiger partial charge in [0.25, 0.3) is 0 Å². The van der Waals surface area contributed by atoms with Gasteiger partial charge in [0.05, 0.1) is 57.1 Å². The van der Waals surface area contributed by atoms with E-state index < -0.39 is 49.8 Å². The van der Waals surface area contributed by atoms with Crippen molar-refractivity contribution in [3.63, 3.8) is 0 Å². The number of ether oxygens (including phenoxy) is 2. The molecule has 8 heteroatoms. The Morgan fingerprint density at radius 2 is 1.29 bits per heavy atom. The van der Waals surface area contributed by atoms with Crippen molar-refractivity contribution in [3.05, 3.63) is 0 Å². The molecule has 144 valence electrons. The molecule has 5 N–H and O–H groups in total. The van der Waals surface area contributed by atoms with Gasteiger partial charge in [-0.15, -0.1) is 0 Å². The fraction of sp³-hybridized carbons (Fsp3) is 0.938. The van der Waals surface area contributed by atoms with Crippen molar-refractivity contribution < 1.29 is 39.8 Å². The van der Waals surface area contributed by atoms with Gasteiger partial charge >= 0.3 is 5.97 Å². The Morgan fingerprint density at radius 3 is 1.75 bits per heavy atom. The largest absolute Gasteiger partial charge is 0.465 e. The van der Waals surface area contributed by atoms with Crippen LogP contribution in [-0.2, 0) is 14.3 Å². The number of rotatable bonds is 15. The Bertz CT molecular complexity index is 318. The Labute approximate surface area is 143 Å². The normalized spacial score (nSPS) is 12.4. The van der Waals surface area contributed by atoms with Gasteiger partial charge < -0.3 is 35.0 Å². The van der Waals surface area contributed by atoms with Crippen molar-refractivity contribution in [1.82, 2.24) is 0 Å². The van der Waals surface area contributed by atoms with Crippen LogP contribution in [0.1, 0.15) is 32.6 Å². The summed E-state index contributed by atoms with van der Waals surface area (Å²) in [5.74, 6) is -0.398. The Morgan fingerprint density at radius 1 is 0.792 bits per heavy atom. The lowest BCUT2D eigenvalue weighted by molar-refractivity contribution is -0.154. The van der Waals surface area contributed by atoms with Gasteiger partial charge in [-0.3, -0.25) is 4.79 Å². The van der Waals surface area contributed by atoms with Crippen LogP contribution < -0.4 is 0 Å². The molecule has 0 aliphatic rings. The monoisotopic (exact) mass is 352 g/mol. The molecule has 0 bridgehead atoms. The predicted molar refractivity (Wildman–Crippen MR) is 86.2 cm³/mol. The Balaban J connectivity index is 4.46. The van der Waals surface area contributed by atoms with Crippen molar-refractivity contribution in [2.45, 2.75) is 32.6 Å². The lowest BCUT2D eigenvalue weighted by Gasteiger charge is -2.32. The predicted octanol–water partition coefficient (Wildman–Crippen LogP) is -0.939. The van der Waals surface area contributed by atoms with E-state index in [1.807, 2.05) is 6.92 Å². The SMILES string of the molecule is CCCCCC(=O)OCC(CO)(CO)COCC(CO)(CO)CO. The van der Waals surface area contributed by atoms with Crippen molar-refractivity contribution >= 4 is 5.97 Å². The van der Waals surface area contributed by atoms with Crippen LogP contribution in [0.2, 0.25) is 0 Å². The summed E-state index contributed by atoms with van der Waals surface area (Å²) >= 11 is 0. The summed E-state index contributed by atoms with van der Waals surface area (Å²) < 4.78 is 10.5. The summed E-state index contributed by atoms with van der Waals surface area (Å²) in [7, 11) is 0. The van der Waals surface area contributed by atoms with Crippen LogP contribution in [0, 0.1) is 10.8 Å². The lowest BCUT2D eigenvalue weighted by Crippen LogP contribution is -2.44. The second-order valence-corrected chi connectivity index (χ2v) is 6.40. The smallest absolute Gasteiger partial charge is 0.305 e. The lowest BCUT2D eigenvalue weighted by atomic mass is 9.90. The van der Waals surface area contributed by atoms with Gasteiger partial charge in [0.1, 0.15) is 6.61 Å². The Hall–Kier alpha value is -0.770. The van der Waals surface area contributed by atoms with Crippen LogP contribution in [0.15, 0.2) is 0 Å². The zero-order valence-corrected chi connectivity index (χ0v) is 14.4. The molecule has 0 amide bonds. The maximum Gasteiger partial charge on any atom is 0.305 e. The second-order valence-electron chi connectivity index (χ2n) is 6.40. The van der Waals surface area contributed by atoms with Gasteiger partial charge in [0, 0.05) is 6.42 Å². The summed E-state index contributed by atoms with van der Waals surface area (Å²) in [6, 6.07) is 0. The topological polar surface area (TPSA) is 137 Å². The minimum Gasteiger partial charge on any atom is -0.465 e. The average Bonchev–Trinajstić information content (AvgIpc) is 2.62. The van der Waals surface area contributed by atoms with Gasteiger partial charge in [0.15, 0.2) is 0 Å². The number of hydrogen-bond acceptors (Lipinski definition) is 8. The van der Waals surface area contributed by atoms with Crippen LogP contribution in [0.4, 0.5) is 0 Å². The molecule has 0 fully saturated rings. The first kappa shape index (κ1) is 23.2. The van der Waals surface area contributed by atoms with Gasteiger partial charge in [-0.2, -0.15) is 0 Å². The first-order valence-electron chi connectivity index (χ1n) is 8.24. The minimum absolute atomic E-state index is 0.149. The number of carbonyl (C=O) groups is 1. The van der Waals surface area contributed by atoms with Crippen molar-refractivity contribution in [2.75, 3.05) is 52.9 Å². The van der Waals surface area contributed by atoms with Gasteiger partial charge in [-0.05, 0) is 6.42 Å². The first-order chi connectivity index (χ1) is 11.5. The van der Waals surface area contributed by atoms with Crippen LogP contribution in [0.25, 0.3) is 0 Å². The molecule has 0 aromatic rings. The third kappa shape index (κ3) is 7.87. The molecule has 0 aliphatic heterocycles. The third-order valence-corrected chi connectivity index (χ3v) is 4.02. The van der Waals surface area contributed by atoms with Crippen LogP contribution in [0.5, 0.6) is 0 Å². The van der Waals surface area contributed by atoms with Gasteiger partial charge in [-0.25, -0.2) is 0 Å². The zero-order chi connectivity index (χ0) is 18.5. The number of esters is 1. The molecule has 0 aromatic heterocycles. The first-order valence-corrected chi connectivity index (χ1v) is 8.24. The van der Waals surface area contributed by atoms with E-state index in [1.165, 1.54) is 0 Å². The highest BCUT2D eigenvalue weighted by molar-refractivity contribution is 5.69. The van der Waals surface area contributed by atoms with Crippen LogP contribution in [-0.4, -0.2) is 84.4 Å². The number of unbranched alkanes of at least 4 members (excludes halogenated alkanes) is 2. The standard InChI is InChI=1S/C16H32O8/c1-2-3-4-5-14(22)24-13-16(9-20,10-21)12-23-11-15(6-17,7-18)8-19/h17-21H,2-13H2,1H3. The highest BCUT2D eigenvalue weighted by atomic mass is 16.5. The van der Waals surface area contributed by atoms with Crippen molar-refractivity contribution in [2.24, 2.45) is 10.8 Å². The molecule has 0 aliphatic carbocycles. The summed E-state index contributed by atoms with van der Waals surface area (Å²) in [4.78, 5) is 11.6. The molecule has 0 radical (unpaired) electrons. The minimum atomic E-state index is -1.20. The molecule has 0 unspecified atom stereocenters. The highest BCUT2D eigenvalue weighted by Gasteiger charge is 2.34. The van der Waals surface area contributed by atoms with E-state index in [1.54, 1.807) is 0 Å². The number of carbonyl (C=O) groups excluding carboxylic acids is 1.